The monoisotopic (exact) mass is 477 g/mol. The van der Waals surface area contributed by atoms with Crippen LogP contribution >= 0.6 is 0 Å². The minimum atomic E-state index is -1.36. The molecule has 0 bridgehead atoms. The summed E-state index contributed by atoms with van der Waals surface area (Å²) in [4.78, 5) is 34.2. The van der Waals surface area contributed by atoms with Crippen LogP contribution in [0.25, 0.3) is 22.0 Å². The number of aryl methyl sites for hydroxylation is 2. The van der Waals surface area contributed by atoms with E-state index in [9.17, 15) is 19.1 Å². The van der Waals surface area contributed by atoms with Crippen molar-refractivity contribution in [1.29, 1.82) is 5.41 Å². The number of carbonyl (C=O) groups is 1. The molecule has 0 aliphatic heterocycles. The number of pyridine rings is 3. The molecule has 3 aromatic heterocycles. The number of anilines is 1. The van der Waals surface area contributed by atoms with Gasteiger partial charge in [0, 0.05) is 48.4 Å². The minimum absolute atomic E-state index is 0.00395. The summed E-state index contributed by atoms with van der Waals surface area (Å²) in [6.07, 6.45) is 2.48. The van der Waals surface area contributed by atoms with Gasteiger partial charge in [-0.15, -0.1) is 0 Å². The predicted octanol–water partition coefficient (Wildman–Crippen LogP) is 4.01. The minimum Gasteiger partial charge on any atom is -0.382 e. The second-order valence-electron chi connectivity index (χ2n) is 8.99. The zero-order valence-electron chi connectivity index (χ0n) is 19.9. The lowest BCUT2D eigenvalue weighted by atomic mass is 9.80. The molecule has 8 nitrogen and oxygen atoms in total. The number of aromatic nitrogens is 3. The lowest BCUT2D eigenvalue weighted by molar-refractivity contribution is -0.119. The molecule has 0 radical (unpaired) electrons. The standard InChI is InChI=1S/C26H28FN5O3/c1-5-6-13(2)24(33)20-7-14(3)18(12-29-20)16-8-15-11-30-22(10-21(15)32(4)26(16)35)31-25(34)17-9-19(27)23(17)28/h7-8,10-12,17,19,24,28,33H,2,5-6,9H2,1,3-4H3,(H,30,31,34)/t17-,19+,24+/m0/s1. The van der Waals surface area contributed by atoms with Crippen LogP contribution in [0.4, 0.5) is 10.2 Å². The second-order valence-corrected chi connectivity index (χ2v) is 8.99. The van der Waals surface area contributed by atoms with Gasteiger partial charge in [-0.2, -0.15) is 0 Å². The van der Waals surface area contributed by atoms with Crippen molar-refractivity contribution < 1.29 is 14.3 Å². The van der Waals surface area contributed by atoms with Gasteiger partial charge in [-0.1, -0.05) is 19.9 Å². The van der Waals surface area contributed by atoms with E-state index in [4.69, 9.17) is 5.41 Å². The Morgan fingerprint density at radius 3 is 2.69 bits per heavy atom. The van der Waals surface area contributed by atoms with E-state index in [-0.39, 0.29) is 23.5 Å². The van der Waals surface area contributed by atoms with E-state index in [1.54, 1.807) is 37.6 Å². The maximum atomic E-state index is 13.2. The van der Waals surface area contributed by atoms with Gasteiger partial charge in [0.1, 0.15) is 18.1 Å². The van der Waals surface area contributed by atoms with Crippen LogP contribution < -0.4 is 10.9 Å². The molecular formula is C26H28FN5O3. The molecule has 3 atom stereocenters. The molecular weight excluding hydrogens is 449 g/mol. The molecule has 9 heteroatoms. The molecule has 4 rings (SSSR count). The molecule has 3 aromatic rings. The third kappa shape index (κ3) is 4.51. The van der Waals surface area contributed by atoms with Crippen LogP contribution in [0.5, 0.6) is 0 Å². The van der Waals surface area contributed by atoms with E-state index in [0.29, 0.717) is 39.7 Å². The smallest absolute Gasteiger partial charge is 0.258 e. The predicted molar refractivity (Wildman–Crippen MR) is 133 cm³/mol. The Kier molecular flexibility index (Phi) is 6.62. The first-order chi connectivity index (χ1) is 16.6. The average Bonchev–Trinajstić information content (AvgIpc) is 2.84. The number of aliphatic hydroxyl groups is 1. The van der Waals surface area contributed by atoms with E-state index in [2.05, 4.69) is 21.9 Å². The summed E-state index contributed by atoms with van der Waals surface area (Å²) in [7, 11) is 1.63. The number of amides is 1. The number of hydrogen-bond acceptors (Lipinski definition) is 6. The molecule has 1 aliphatic rings. The summed E-state index contributed by atoms with van der Waals surface area (Å²) in [6.45, 7) is 7.81. The van der Waals surface area contributed by atoms with E-state index in [1.165, 1.54) is 4.57 Å². The SMILES string of the molecule is C=C(CCC)[C@@H](O)c1cc(C)c(-c2cc3cnc(NC(=O)[C@H]4C[C@@H](F)C4=N)cc3n(C)c2=O)cn1. The molecule has 1 aliphatic carbocycles. The highest BCUT2D eigenvalue weighted by Crippen LogP contribution is 2.30. The third-order valence-electron chi connectivity index (χ3n) is 6.49. The lowest BCUT2D eigenvalue weighted by Gasteiger charge is -2.29. The van der Waals surface area contributed by atoms with Crippen LogP contribution in [0, 0.1) is 18.3 Å². The number of hydrogen-bond donors (Lipinski definition) is 3. The lowest BCUT2D eigenvalue weighted by Crippen LogP contribution is -2.45. The summed E-state index contributed by atoms with van der Waals surface area (Å²) < 4.78 is 14.7. The number of fused-ring (bicyclic) bond motifs is 1. The summed E-state index contributed by atoms with van der Waals surface area (Å²) in [5.74, 6) is -1.04. The van der Waals surface area contributed by atoms with Crippen molar-refractivity contribution in [1.82, 2.24) is 14.5 Å². The zero-order valence-corrected chi connectivity index (χ0v) is 19.9. The Balaban J connectivity index is 1.65. The second kappa shape index (κ2) is 9.50. The Hall–Kier alpha value is -3.72. The first-order valence-corrected chi connectivity index (χ1v) is 11.5. The molecule has 0 spiro atoms. The van der Waals surface area contributed by atoms with Crippen molar-refractivity contribution >= 4 is 28.3 Å². The molecule has 0 unspecified atom stereocenters. The molecule has 35 heavy (non-hydrogen) atoms. The highest BCUT2D eigenvalue weighted by molar-refractivity contribution is 6.13. The van der Waals surface area contributed by atoms with Crippen LogP contribution in [-0.4, -0.2) is 37.4 Å². The Labute approximate surface area is 202 Å². The van der Waals surface area contributed by atoms with Gasteiger partial charge in [0.25, 0.3) is 5.56 Å². The number of aliphatic hydroxyl groups excluding tert-OH is 1. The van der Waals surface area contributed by atoms with Crippen molar-refractivity contribution in [3.05, 3.63) is 64.4 Å². The van der Waals surface area contributed by atoms with Gasteiger partial charge in [-0.3, -0.25) is 14.6 Å². The van der Waals surface area contributed by atoms with Gasteiger partial charge in [-0.25, -0.2) is 9.37 Å². The van der Waals surface area contributed by atoms with E-state index in [0.717, 1.165) is 12.0 Å². The third-order valence-corrected chi connectivity index (χ3v) is 6.49. The van der Waals surface area contributed by atoms with Gasteiger partial charge >= 0.3 is 0 Å². The number of nitrogens with zero attached hydrogens (tertiary/aromatic N) is 3. The fourth-order valence-electron chi connectivity index (χ4n) is 4.28. The fraction of sp³-hybridized carbons (Fsp3) is 0.346. The first-order valence-electron chi connectivity index (χ1n) is 11.5. The molecule has 3 heterocycles. The summed E-state index contributed by atoms with van der Waals surface area (Å²) in [6, 6.07) is 5.07. The quantitative estimate of drug-likeness (QED) is 0.444. The molecule has 0 saturated heterocycles. The van der Waals surface area contributed by atoms with Crippen molar-refractivity contribution in [3.8, 4) is 11.1 Å². The Morgan fingerprint density at radius 1 is 1.31 bits per heavy atom. The Bertz CT molecular complexity index is 1410. The first kappa shape index (κ1) is 24.4. The van der Waals surface area contributed by atoms with E-state index in [1.807, 2.05) is 13.8 Å². The van der Waals surface area contributed by atoms with Crippen molar-refractivity contribution in [2.75, 3.05) is 5.32 Å². The van der Waals surface area contributed by atoms with Crippen molar-refractivity contribution in [3.63, 3.8) is 0 Å². The van der Waals surface area contributed by atoms with Crippen molar-refractivity contribution in [2.45, 2.75) is 45.4 Å². The highest BCUT2D eigenvalue weighted by atomic mass is 19.1. The number of halogens is 1. The van der Waals surface area contributed by atoms with E-state index < -0.39 is 24.1 Å². The average molecular weight is 478 g/mol. The molecule has 3 N–H and O–H groups in total. The normalized spacial score (nSPS) is 18.3. The summed E-state index contributed by atoms with van der Waals surface area (Å²) >= 11 is 0. The number of nitrogens with one attached hydrogen (secondary N) is 2. The van der Waals surface area contributed by atoms with Gasteiger partial charge < -0.3 is 20.4 Å². The van der Waals surface area contributed by atoms with Gasteiger partial charge in [0.05, 0.1) is 22.8 Å². The molecule has 0 aromatic carbocycles. The van der Waals surface area contributed by atoms with Crippen LogP contribution in [0.15, 0.2) is 47.5 Å². The molecule has 1 amide bonds. The maximum absolute atomic E-state index is 13.2. The van der Waals surface area contributed by atoms with Crippen LogP contribution in [-0.2, 0) is 11.8 Å². The summed E-state index contributed by atoms with van der Waals surface area (Å²) in [5, 5.41) is 21.4. The van der Waals surface area contributed by atoms with Gasteiger partial charge in [0.15, 0.2) is 0 Å². The summed E-state index contributed by atoms with van der Waals surface area (Å²) in [5.41, 5.74) is 3.14. The maximum Gasteiger partial charge on any atom is 0.258 e. The molecule has 182 valence electrons. The zero-order chi connectivity index (χ0) is 25.4. The fourth-order valence-corrected chi connectivity index (χ4v) is 4.28. The van der Waals surface area contributed by atoms with E-state index >= 15 is 0 Å². The topological polar surface area (TPSA) is 121 Å². The molecule has 1 saturated carbocycles. The van der Waals surface area contributed by atoms with Crippen LogP contribution in [0.1, 0.15) is 43.5 Å². The van der Waals surface area contributed by atoms with Crippen LogP contribution in [0.3, 0.4) is 0 Å². The largest absolute Gasteiger partial charge is 0.382 e. The number of rotatable bonds is 7. The van der Waals surface area contributed by atoms with Crippen molar-refractivity contribution in [2.24, 2.45) is 13.0 Å². The van der Waals surface area contributed by atoms with Gasteiger partial charge in [-0.05, 0) is 36.6 Å². The number of alkyl halides is 1. The molecule has 1 fully saturated rings. The van der Waals surface area contributed by atoms with Crippen LogP contribution in [0.2, 0.25) is 0 Å². The Morgan fingerprint density at radius 2 is 2.06 bits per heavy atom. The highest BCUT2D eigenvalue weighted by Gasteiger charge is 2.41. The van der Waals surface area contributed by atoms with Gasteiger partial charge in [0.2, 0.25) is 5.91 Å². The number of carbonyl (C=O) groups excluding carboxylic acids is 1.